The fourth-order valence-corrected chi connectivity index (χ4v) is 4.22. The lowest BCUT2D eigenvalue weighted by molar-refractivity contribution is 0.0311. The normalized spacial score (nSPS) is 14.8. The van der Waals surface area contributed by atoms with Gasteiger partial charge >= 0.3 is 5.69 Å². The van der Waals surface area contributed by atoms with Gasteiger partial charge in [-0.3, -0.25) is 9.69 Å². The lowest BCUT2D eigenvalue weighted by Crippen LogP contribution is -2.35. The second-order valence-electron chi connectivity index (χ2n) is 8.46. The number of amides is 1. The van der Waals surface area contributed by atoms with E-state index in [9.17, 15) is 9.59 Å². The van der Waals surface area contributed by atoms with Crippen molar-refractivity contribution in [2.75, 3.05) is 32.8 Å². The number of pyridine rings is 1. The van der Waals surface area contributed by atoms with Crippen LogP contribution in [0, 0.1) is 13.8 Å². The van der Waals surface area contributed by atoms with E-state index >= 15 is 0 Å². The number of carbonyl (C=O) groups is 1. The zero-order valence-electron chi connectivity index (χ0n) is 18.8. The molecule has 1 saturated heterocycles. The van der Waals surface area contributed by atoms with Gasteiger partial charge in [0.25, 0.3) is 5.91 Å². The Morgan fingerprint density at radius 3 is 2.76 bits per heavy atom. The van der Waals surface area contributed by atoms with Crippen molar-refractivity contribution >= 4 is 22.5 Å². The largest absolute Gasteiger partial charge is 0.455 e. The van der Waals surface area contributed by atoms with Gasteiger partial charge in [0.1, 0.15) is 5.76 Å². The van der Waals surface area contributed by atoms with Gasteiger partial charge in [-0.2, -0.15) is 0 Å². The van der Waals surface area contributed by atoms with Crippen LogP contribution < -0.4 is 11.0 Å². The molecule has 4 aromatic rings. The van der Waals surface area contributed by atoms with E-state index in [2.05, 4.69) is 15.3 Å². The molecule has 0 unspecified atom stereocenters. The van der Waals surface area contributed by atoms with E-state index in [1.165, 1.54) is 4.68 Å². The lowest BCUT2D eigenvalue weighted by atomic mass is 10.1. The number of fused-ring (bicyclic) bond motifs is 3. The number of aromatic nitrogens is 3. The average molecular weight is 450 g/mol. The van der Waals surface area contributed by atoms with Crippen molar-refractivity contribution in [2.24, 2.45) is 0 Å². The molecule has 172 valence electrons. The van der Waals surface area contributed by atoms with Crippen molar-refractivity contribution in [1.29, 1.82) is 0 Å². The number of aryl methyl sites for hydroxylation is 2. The highest BCUT2D eigenvalue weighted by Gasteiger charge is 2.16. The maximum absolute atomic E-state index is 13.1. The highest BCUT2D eigenvalue weighted by Crippen LogP contribution is 2.19. The van der Waals surface area contributed by atoms with Crippen LogP contribution in [0.5, 0.6) is 0 Å². The predicted octanol–water partition coefficient (Wildman–Crippen LogP) is 2.12. The Labute approximate surface area is 190 Å². The summed E-state index contributed by atoms with van der Waals surface area (Å²) >= 11 is 0. The fraction of sp³-hybridized carbons (Fsp3) is 0.375. The van der Waals surface area contributed by atoms with Crippen LogP contribution in [0.4, 0.5) is 0 Å². The van der Waals surface area contributed by atoms with Crippen LogP contribution in [0.25, 0.3) is 16.6 Å². The first-order chi connectivity index (χ1) is 16.0. The molecule has 3 aromatic heterocycles. The monoisotopic (exact) mass is 449 g/mol. The number of hydrogen-bond donors (Lipinski definition) is 1. The number of ether oxygens (including phenoxy) is 1. The number of morpholine rings is 1. The third-order valence-electron chi connectivity index (χ3n) is 5.97. The molecule has 0 atom stereocenters. The molecule has 0 bridgehead atoms. The van der Waals surface area contributed by atoms with Gasteiger partial charge in [0, 0.05) is 19.6 Å². The van der Waals surface area contributed by atoms with Crippen molar-refractivity contribution in [2.45, 2.75) is 26.9 Å². The predicted molar refractivity (Wildman–Crippen MR) is 124 cm³/mol. The lowest BCUT2D eigenvalue weighted by Gasteiger charge is -2.25. The maximum atomic E-state index is 13.1. The van der Waals surface area contributed by atoms with Crippen molar-refractivity contribution in [3.05, 3.63) is 69.5 Å². The van der Waals surface area contributed by atoms with Gasteiger partial charge in [-0.05, 0) is 54.6 Å². The van der Waals surface area contributed by atoms with Crippen LogP contribution in [0.2, 0.25) is 0 Å². The zero-order valence-corrected chi connectivity index (χ0v) is 18.8. The molecule has 0 spiro atoms. The molecule has 4 heterocycles. The van der Waals surface area contributed by atoms with Gasteiger partial charge in [-0.1, -0.05) is 12.1 Å². The summed E-state index contributed by atoms with van der Waals surface area (Å²) < 4.78 is 14.1. The highest BCUT2D eigenvalue weighted by atomic mass is 16.5. The van der Waals surface area contributed by atoms with Crippen LogP contribution in [0.3, 0.4) is 0 Å². The number of rotatable bonds is 6. The summed E-state index contributed by atoms with van der Waals surface area (Å²) in [6.45, 7) is 8.25. The first-order valence-electron chi connectivity index (χ1n) is 11.2. The van der Waals surface area contributed by atoms with E-state index < -0.39 is 0 Å². The first kappa shape index (κ1) is 21.4. The molecule has 0 radical (unpaired) electrons. The third kappa shape index (κ3) is 4.29. The number of hydrogen-bond acceptors (Lipinski definition) is 6. The van der Waals surface area contributed by atoms with Gasteiger partial charge < -0.3 is 14.5 Å². The number of nitrogens with one attached hydrogen (secondary N) is 1. The molecule has 1 N–H and O–H groups in total. The quantitative estimate of drug-likeness (QED) is 0.485. The minimum absolute atomic E-state index is 0.218. The summed E-state index contributed by atoms with van der Waals surface area (Å²) in [4.78, 5) is 27.8. The Kier molecular flexibility index (Phi) is 5.74. The number of carbonyl (C=O) groups excluding carboxylic acids is 1. The molecule has 5 rings (SSSR count). The standard InChI is InChI=1S/C24H27N5O4/c1-16-3-4-18-14-17(2)22-26-28(24(31)29(22)20(18)13-16)8-7-25-23(30)21-6-5-19(33-21)15-27-9-11-32-12-10-27/h3-6,13-14H,7-12,15H2,1-2H3,(H,25,30). The maximum Gasteiger partial charge on any atom is 0.350 e. The van der Waals surface area contributed by atoms with Crippen molar-refractivity contribution in [3.63, 3.8) is 0 Å². The summed E-state index contributed by atoms with van der Waals surface area (Å²) in [5, 5.41) is 8.32. The second-order valence-corrected chi connectivity index (χ2v) is 8.46. The Bertz CT molecular complexity index is 1380. The minimum atomic E-state index is -0.308. The third-order valence-corrected chi connectivity index (χ3v) is 5.97. The van der Waals surface area contributed by atoms with Gasteiger partial charge in [0.15, 0.2) is 11.4 Å². The molecule has 1 aromatic carbocycles. The van der Waals surface area contributed by atoms with E-state index in [0.717, 1.165) is 40.9 Å². The molecule has 1 fully saturated rings. The summed E-state index contributed by atoms with van der Waals surface area (Å²) in [7, 11) is 0. The van der Waals surface area contributed by atoms with Crippen LogP contribution in [-0.4, -0.2) is 57.8 Å². The highest BCUT2D eigenvalue weighted by molar-refractivity contribution is 5.91. The Balaban J connectivity index is 1.27. The van der Waals surface area contributed by atoms with Crippen LogP contribution >= 0.6 is 0 Å². The zero-order chi connectivity index (χ0) is 22.9. The van der Waals surface area contributed by atoms with Gasteiger partial charge in [0.2, 0.25) is 0 Å². The van der Waals surface area contributed by atoms with E-state index in [1.54, 1.807) is 10.5 Å². The SMILES string of the molecule is Cc1ccc2cc(C)c3nn(CCNC(=O)c4ccc(CN5CCOCC5)o4)c(=O)n3c2c1. The Morgan fingerprint density at radius 1 is 1.12 bits per heavy atom. The fourth-order valence-electron chi connectivity index (χ4n) is 4.22. The van der Waals surface area contributed by atoms with E-state index in [4.69, 9.17) is 9.15 Å². The topological polar surface area (TPSA) is 94.0 Å². The van der Waals surface area contributed by atoms with Gasteiger partial charge in [-0.25, -0.2) is 13.9 Å². The summed E-state index contributed by atoms with van der Waals surface area (Å²) in [6.07, 6.45) is 0. The number of nitrogens with zero attached hydrogens (tertiary/aromatic N) is 4. The molecule has 1 amide bonds. The molecule has 1 aliphatic rings. The van der Waals surface area contributed by atoms with Crippen LogP contribution in [0.15, 0.2) is 45.6 Å². The minimum Gasteiger partial charge on any atom is -0.455 e. The molecule has 1 aliphatic heterocycles. The van der Waals surface area contributed by atoms with Gasteiger partial charge in [0.05, 0.1) is 31.8 Å². The molecule has 9 nitrogen and oxygen atoms in total. The van der Waals surface area contributed by atoms with Crippen molar-refractivity contribution < 1.29 is 13.9 Å². The van der Waals surface area contributed by atoms with E-state index in [-0.39, 0.29) is 30.4 Å². The van der Waals surface area contributed by atoms with Crippen molar-refractivity contribution in [1.82, 2.24) is 24.4 Å². The van der Waals surface area contributed by atoms with Crippen LogP contribution in [0.1, 0.15) is 27.4 Å². The molecular weight excluding hydrogens is 422 g/mol. The summed E-state index contributed by atoms with van der Waals surface area (Å²) in [5.41, 5.74) is 3.24. The Morgan fingerprint density at radius 2 is 1.94 bits per heavy atom. The first-order valence-corrected chi connectivity index (χ1v) is 11.2. The summed E-state index contributed by atoms with van der Waals surface area (Å²) in [5.74, 6) is 0.700. The smallest absolute Gasteiger partial charge is 0.350 e. The molecule has 0 saturated carbocycles. The summed E-state index contributed by atoms with van der Waals surface area (Å²) in [6, 6.07) is 11.6. The average Bonchev–Trinajstić information content (AvgIpc) is 3.40. The van der Waals surface area contributed by atoms with E-state index in [1.807, 2.05) is 44.2 Å². The molecule has 0 aliphatic carbocycles. The number of benzene rings is 1. The molecule has 33 heavy (non-hydrogen) atoms. The van der Waals surface area contributed by atoms with Crippen molar-refractivity contribution in [3.8, 4) is 0 Å². The van der Waals surface area contributed by atoms with Gasteiger partial charge in [-0.15, -0.1) is 5.10 Å². The molecule has 9 heteroatoms. The number of furan rings is 1. The Hall–Kier alpha value is -3.43. The second kappa shape index (κ2) is 8.84. The molecular formula is C24H27N5O4. The van der Waals surface area contributed by atoms with Crippen LogP contribution in [-0.2, 0) is 17.8 Å². The van der Waals surface area contributed by atoms with E-state index in [0.29, 0.717) is 25.4 Å².